The second-order valence-corrected chi connectivity index (χ2v) is 23.6. The molecule has 7 atom stereocenters. The number of aliphatic hydroxyl groups excluding tert-OH is 1. The molecule has 4 amide bonds. The monoisotopic (exact) mass is 1050 g/mol. The summed E-state index contributed by atoms with van der Waals surface area (Å²) in [5, 5.41) is 29.8. The highest BCUT2D eigenvalue weighted by Crippen LogP contribution is 2.41. The first kappa shape index (κ1) is 51.9. The molecule has 1 saturated carbocycles. The summed E-state index contributed by atoms with van der Waals surface area (Å²) < 4.78 is 8.32. The molecule has 4 aliphatic rings. The van der Waals surface area contributed by atoms with Crippen molar-refractivity contribution in [3.8, 4) is 21.2 Å². The first-order valence-corrected chi connectivity index (χ1v) is 27.1. The van der Waals surface area contributed by atoms with Crippen LogP contribution < -0.4 is 20.7 Å². The molecule has 384 valence electrons. The van der Waals surface area contributed by atoms with E-state index in [0.717, 1.165) is 60.5 Å². The Bertz CT molecular complexity index is 3000. The zero-order valence-electron chi connectivity index (χ0n) is 42.7. The third-order valence-electron chi connectivity index (χ3n) is 14.4. The maximum absolute atomic E-state index is 14.3. The number of aliphatic imine (C=N–C) groups is 1. The van der Waals surface area contributed by atoms with Gasteiger partial charge in [-0.15, -0.1) is 44.5 Å². The number of aryl methyl sites for hydroxylation is 3. The molecule has 9 rings (SSSR count). The molecule has 2 aliphatic heterocycles. The third kappa shape index (κ3) is 11.1. The first-order chi connectivity index (χ1) is 34.7. The van der Waals surface area contributed by atoms with Crippen LogP contribution in [0.25, 0.3) is 15.4 Å². The largest absolute Gasteiger partial charge is 0.490 e. The van der Waals surface area contributed by atoms with Crippen LogP contribution in [0.4, 0.5) is 0 Å². The highest BCUT2D eigenvalue weighted by molar-refractivity contribution is 7.15. The molecule has 4 N–H and O–H groups in total. The van der Waals surface area contributed by atoms with E-state index >= 15 is 0 Å². The quantitative estimate of drug-likeness (QED) is 0.0792. The maximum Gasteiger partial charge on any atom is 0.246 e. The van der Waals surface area contributed by atoms with Crippen LogP contribution in [-0.2, 0) is 25.6 Å². The van der Waals surface area contributed by atoms with Gasteiger partial charge in [0.15, 0.2) is 5.82 Å². The van der Waals surface area contributed by atoms with Crippen molar-refractivity contribution >= 4 is 63.6 Å². The molecule has 5 heterocycles. The Hall–Kier alpha value is -6.01. The lowest BCUT2D eigenvalue weighted by Gasteiger charge is -2.36. The highest BCUT2D eigenvalue weighted by atomic mass is 35.5. The fourth-order valence-electron chi connectivity index (χ4n) is 10.0. The van der Waals surface area contributed by atoms with Gasteiger partial charge in [-0.1, -0.05) is 82.3 Å². The number of nitrogens with one attached hydrogen (secondary N) is 3. The van der Waals surface area contributed by atoms with E-state index in [1.165, 1.54) is 9.78 Å². The van der Waals surface area contributed by atoms with Crippen LogP contribution in [-0.4, -0.2) is 101 Å². The number of alkyl halides is 1. The second kappa shape index (κ2) is 21.1. The Labute approximate surface area is 439 Å². The predicted molar refractivity (Wildman–Crippen MR) is 285 cm³/mol. The van der Waals surface area contributed by atoms with E-state index in [9.17, 15) is 24.3 Å². The summed E-state index contributed by atoms with van der Waals surface area (Å²) in [6.45, 7) is 17.7. The SMILES string of the molecule is Cc1ncsc1-c1ccc([C@H](C)NC(=O)[C@@H]2C[C@@H](O)CN2C(=O)[C@@H](NC(=O)Cc2ccc(O[C@H]3C[C@@H](NC(=O)CC4N=C(C5=CC(C)C(Cl)C=C5)c5c(sc(C)c5C)-n5c(C)nnc54)C3)cc2)C(C)(C)C)cc1. The number of hydrogen-bond acceptors (Lipinski definition) is 12. The minimum Gasteiger partial charge on any atom is -0.490 e. The van der Waals surface area contributed by atoms with Crippen molar-refractivity contribution in [1.29, 1.82) is 0 Å². The lowest BCUT2D eigenvalue weighted by molar-refractivity contribution is -0.144. The topological polar surface area (TPSA) is 193 Å². The van der Waals surface area contributed by atoms with Gasteiger partial charge in [0, 0.05) is 42.3 Å². The highest BCUT2D eigenvalue weighted by Gasteiger charge is 2.45. The summed E-state index contributed by atoms with van der Waals surface area (Å²) in [5.41, 5.74) is 8.74. The summed E-state index contributed by atoms with van der Waals surface area (Å²) in [4.78, 5) is 68.7. The molecule has 0 spiro atoms. The smallest absolute Gasteiger partial charge is 0.246 e. The van der Waals surface area contributed by atoms with Gasteiger partial charge in [-0.2, -0.15) is 0 Å². The van der Waals surface area contributed by atoms with E-state index in [1.807, 2.05) is 108 Å². The van der Waals surface area contributed by atoms with Crippen LogP contribution >= 0.6 is 34.3 Å². The molecule has 5 aromatic rings. The Morgan fingerprint density at radius 2 is 1.68 bits per heavy atom. The molecular weight excluding hydrogens is 982 g/mol. The number of amides is 4. The van der Waals surface area contributed by atoms with Crippen molar-refractivity contribution in [2.24, 2.45) is 16.3 Å². The number of β-amino-alcohol motifs (C(OH)–C–C–N with tert-alkyl or cyclic N) is 1. The number of likely N-dealkylation sites (tertiary alicyclic amines) is 1. The fourth-order valence-corrected chi connectivity index (χ4v) is 12.2. The molecule has 0 bridgehead atoms. The Balaban J connectivity index is 0.770. The molecule has 2 fully saturated rings. The van der Waals surface area contributed by atoms with Crippen LogP contribution in [0.2, 0.25) is 0 Å². The zero-order valence-corrected chi connectivity index (χ0v) is 45.1. The lowest BCUT2D eigenvalue weighted by atomic mass is 9.85. The van der Waals surface area contributed by atoms with Gasteiger partial charge in [-0.3, -0.25) is 28.7 Å². The van der Waals surface area contributed by atoms with Crippen LogP contribution in [0.3, 0.4) is 0 Å². The number of allylic oxidation sites excluding steroid dienone is 4. The van der Waals surface area contributed by atoms with Crippen LogP contribution in [0.1, 0.15) is 117 Å². The summed E-state index contributed by atoms with van der Waals surface area (Å²) >= 11 is 9.82. The van der Waals surface area contributed by atoms with Crippen molar-refractivity contribution < 1.29 is 29.0 Å². The van der Waals surface area contributed by atoms with Crippen molar-refractivity contribution in [1.82, 2.24) is 40.6 Å². The zero-order chi connectivity index (χ0) is 52.0. The number of fused-ring (bicyclic) bond motifs is 3. The van der Waals surface area contributed by atoms with Crippen molar-refractivity contribution in [2.45, 2.75) is 142 Å². The van der Waals surface area contributed by atoms with Gasteiger partial charge in [0.05, 0.1) is 52.2 Å². The van der Waals surface area contributed by atoms with E-state index in [2.05, 4.69) is 62.5 Å². The Morgan fingerprint density at radius 3 is 2.36 bits per heavy atom. The number of nitrogens with zero attached hydrogens (tertiary/aromatic N) is 6. The fraction of sp³-hybridized carbons (Fsp3) is 0.455. The number of aliphatic hydroxyl groups is 1. The first-order valence-electron chi connectivity index (χ1n) is 25.0. The number of halogens is 1. The number of carbonyl (C=O) groups is 4. The lowest BCUT2D eigenvalue weighted by Crippen LogP contribution is -2.58. The number of aromatic nitrogens is 4. The maximum atomic E-state index is 14.3. The molecule has 15 nitrogen and oxygen atoms in total. The second-order valence-electron chi connectivity index (χ2n) is 21.1. The number of benzene rings is 2. The summed E-state index contributed by atoms with van der Waals surface area (Å²) in [6.07, 6.45) is 6.69. The van der Waals surface area contributed by atoms with Gasteiger partial charge in [-0.05, 0) is 85.9 Å². The standard InChI is InChI=1S/C55H64ClN9O6S2/c1-28-20-37(16-19-42(28)56)48-47-29(2)32(5)73-54(47)65-33(6)62-63-51(65)43(60-48)25-46(68)59-38-22-41(23-38)71-40-17-10-34(11-18-40)21-45(67)61-50(55(7,8)9)53(70)64-26-39(66)24-44(64)52(69)58-30(3)35-12-14-36(15-13-35)49-31(4)57-27-72-49/h10-20,27-28,30,38-39,41-44,50,66H,21-26H2,1-9H3,(H,58,69)(H,59,68)(H,61,67)/t28?,30-,38-,39+,41+,42?,43?,44-,50+/m0/s1. The van der Waals surface area contributed by atoms with E-state index < -0.39 is 35.6 Å². The predicted octanol–water partition coefficient (Wildman–Crippen LogP) is 8.30. The number of thiazole rings is 1. The number of thiophene rings is 1. The number of rotatable bonds is 14. The summed E-state index contributed by atoms with van der Waals surface area (Å²) in [7, 11) is 0. The summed E-state index contributed by atoms with van der Waals surface area (Å²) in [5.74, 6) is 0.862. The average molecular weight is 1050 g/mol. The Kier molecular flexibility index (Phi) is 15.0. The molecule has 18 heteroatoms. The molecule has 0 radical (unpaired) electrons. The van der Waals surface area contributed by atoms with Crippen LogP contribution in [0, 0.1) is 39.0 Å². The minimum absolute atomic E-state index is 0.0142. The molecule has 3 unspecified atom stereocenters. The number of carbonyl (C=O) groups excluding carboxylic acids is 4. The van der Waals surface area contributed by atoms with Gasteiger partial charge in [-0.25, -0.2) is 4.98 Å². The van der Waals surface area contributed by atoms with E-state index in [0.29, 0.717) is 24.4 Å². The van der Waals surface area contributed by atoms with Gasteiger partial charge in [0.2, 0.25) is 23.6 Å². The van der Waals surface area contributed by atoms with Crippen molar-refractivity contribution in [3.05, 3.63) is 122 Å². The molecular formula is C55H64ClN9O6S2. The summed E-state index contributed by atoms with van der Waals surface area (Å²) in [6, 6.07) is 12.4. The number of hydrogen-bond donors (Lipinski definition) is 4. The minimum atomic E-state index is -0.958. The average Bonchev–Trinajstić information content (AvgIpc) is 4.10. The Morgan fingerprint density at radius 1 is 0.959 bits per heavy atom. The van der Waals surface area contributed by atoms with Crippen LogP contribution in [0.15, 0.2) is 82.8 Å². The molecule has 2 aromatic carbocycles. The normalized spacial score (nSPS) is 23.2. The number of ether oxygens (including phenoxy) is 1. The van der Waals surface area contributed by atoms with E-state index in [-0.39, 0.29) is 73.0 Å². The molecule has 3 aromatic heterocycles. The molecule has 1 saturated heterocycles. The van der Waals surface area contributed by atoms with Gasteiger partial charge >= 0.3 is 0 Å². The van der Waals surface area contributed by atoms with E-state index in [4.69, 9.17) is 21.3 Å². The van der Waals surface area contributed by atoms with Crippen molar-refractivity contribution in [2.75, 3.05) is 6.54 Å². The van der Waals surface area contributed by atoms with Gasteiger partial charge < -0.3 is 30.7 Å². The van der Waals surface area contributed by atoms with Gasteiger partial charge in [0.25, 0.3) is 0 Å². The molecule has 2 aliphatic carbocycles. The van der Waals surface area contributed by atoms with E-state index in [1.54, 1.807) is 22.7 Å². The van der Waals surface area contributed by atoms with Crippen molar-refractivity contribution in [3.63, 3.8) is 0 Å². The van der Waals surface area contributed by atoms with Gasteiger partial charge in [0.1, 0.15) is 40.8 Å². The molecule has 73 heavy (non-hydrogen) atoms. The van der Waals surface area contributed by atoms with Crippen LogP contribution in [0.5, 0.6) is 5.75 Å². The third-order valence-corrected chi connectivity index (χ3v) is 17.1.